The second-order valence-electron chi connectivity index (χ2n) is 8.23. The van der Waals surface area contributed by atoms with E-state index in [9.17, 15) is 45.0 Å². The predicted molar refractivity (Wildman–Crippen MR) is 129 cm³/mol. The van der Waals surface area contributed by atoms with Crippen LogP contribution in [0.2, 0.25) is 0 Å². The molecule has 2 rings (SSSR count). The molecule has 0 atom stereocenters. The van der Waals surface area contributed by atoms with Gasteiger partial charge >= 0.3 is 11.9 Å². The summed E-state index contributed by atoms with van der Waals surface area (Å²) in [5.74, 6) is -1.97. The van der Waals surface area contributed by atoms with E-state index in [1.807, 2.05) is 27.7 Å². The normalized spacial score (nSPS) is 10.3. The minimum atomic E-state index is -1.46. The van der Waals surface area contributed by atoms with E-state index in [-0.39, 0.29) is 0 Å². The Bertz CT molecular complexity index is 1180. The number of hydrogen-bond donors (Lipinski definition) is 0. The molecule has 0 bridgehead atoms. The fourth-order valence-corrected chi connectivity index (χ4v) is 3.52. The number of non-ortho nitro benzene ring substituents is 1. The molecule has 0 saturated heterocycles. The Morgan fingerprint density at radius 2 is 1.24 bits per heavy atom. The van der Waals surface area contributed by atoms with Gasteiger partial charge in [0, 0.05) is 13.8 Å². The van der Waals surface area contributed by atoms with Crippen molar-refractivity contribution < 1.29 is 43.9 Å². The molecule has 0 fully saturated rings. The molecule has 0 radical (unpaired) electrons. The summed E-state index contributed by atoms with van der Waals surface area (Å²) in [6, 6.07) is 0.769. The molecule has 0 aliphatic rings. The molecule has 15 nitrogen and oxygen atoms in total. The van der Waals surface area contributed by atoms with Crippen LogP contribution >= 0.6 is 0 Å². The molecular weight excluding hydrogens is 508 g/mol. The van der Waals surface area contributed by atoms with Crippen molar-refractivity contribution in [3.8, 4) is 5.75 Å². The number of ether oxygens (including phenoxy) is 2. The van der Waals surface area contributed by atoms with Gasteiger partial charge in [-0.3, -0.25) is 30.3 Å². The zero-order valence-corrected chi connectivity index (χ0v) is 21.7. The number of nitro benzene ring substituents is 3. The minimum absolute atomic E-state index is 0.294. The summed E-state index contributed by atoms with van der Waals surface area (Å²) < 4.78 is 10.3. The number of aryl methyl sites for hydroxylation is 2. The van der Waals surface area contributed by atoms with E-state index in [4.69, 9.17) is 9.47 Å². The zero-order valence-electron chi connectivity index (χ0n) is 21.7. The van der Waals surface area contributed by atoms with Crippen LogP contribution in [-0.4, -0.2) is 39.9 Å². The number of carbonyl (C=O) groups is 2. The highest BCUT2D eigenvalue weighted by Crippen LogP contribution is 2.36. The first kappa shape index (κ1) is 31.3. The second kappa shape index (κ2) is 13.6. The molecule has 0 unspecified atom stereocenters. The fraction of sp³-hybridized carbons (Fsp3) is 0.435. The van der Waals surface area contributed by atoms with Crippen molar-refractivity contribution in [3.05, 3.63) is 70.6 Å². The van der Waals surface area contributed by atoms with Crippen LogP contribution in [0.15, 0.2) is 12.1 Å². The lowest BCUT2D eigenvalue weighted by Gasteiger charge is -2.15. The van der Waals surface area contributed by atoms with Crippen LogP contribution in [0.3, 0.4) is 0 Å². The molecule has 2 aromatic rings. The predicted octanol–water partition coefficient (Wildman–Crippen LogP) is 3.15. The molecule has 38 heavy (non-hydrogen) atoms. The third-order valence-electron chi connectivity index (χ3n) is 4.94. The van der Waals surface area contributed by atoms with Gasteiger partial charge in [0.2, 0.25) is 0 Å². The van der Waals surface area contributed by atoms with Crippen molar-refractivity contribution in [2.24, 2.45) is 5.92 Å². The molecule has 15 heteroatoms. The molecule has 0 spiro atoms. The number of esters is 2. The maximum Gasteiger partial charge on any atom is 0.344 e. The minimum Gasteiger partial charge on any atom is -0.863 e. The van der Waals surface area contributed by atoms with Gasteiger partial charge in [0.1, 0.15) is 11.1 Å². The zero-order chi connectivity index (χ0) is 29.3. The number of nitro groups is 3. The number of aromatic amines is 1. The quantitative estimate of drug-likeness (QED) is 0.257. The Hall–Kier alpha value is -4.69. The molecule has 1 N–H and O–H groups in total. The van der Waals surface area contributed by atoms with Gasteiger partial charge in [0.05, 0.1) is 45.9 Å². The molecule has 0 aliphatic carbocycles. The van der Waals surface area contributed by atoms with Gasteiger partial charge in [0.25, 0.3) is 17.1 Å². The average molecular weight is 536 g/mol. The first-order chi connectivity index (χ1) is 17.7. The number of pyridine rings is 1. The van der Waals surface area contributed by atoms with Crippen molar-refractivity contribution in [3.63, 3.8) is 0 Å². The second-order valence-corrected chi connectivity index (χ2v) is 8.23. The van der Waals surface area contributed by atoms with Crippen LogP contribution in [-0.2, 0) is 15.9 Å². The van der Waals surface area contributed by atoms with E-state index in [2.05, 4.69) is 4.98 Å². The largest absolute Gasteiger partial charge is 0.863 e. The monoisotopic (exact) mass is 536 g/mol. The van der Waals surface area contributed by atoms with Gasteiger partial charge < -0.3 is 14.6 Å². The topological polar surface area (TPSA) is 219 Å². The molecule has 0 saturated carbocycles. The van der Waals surface area contributed by atoms with Crippen LogP contribution in [0, 0.1) is 50.1 Å². The number of nitrogens with zero attached hydrogens (tertiary/aromatic N) is 3. The average Bonchev–Trinajstić information content (AvgIpc) is 2.78. The van der Waals surface area contributed by atoms with Crippen LogP contribution in [0.1, 0.15) is 65.4 Å². The molecular formula is C23H28N4O11. The van der Waals surface area contributed by atoms with Crippen molar-refractivity contribution in [2.45, 2.75) is 48.0 Å². The highest BCUT2D eigenvalue weighted by molar-refractivity contribution is 5.98. The summed E-state index contributed by atoms with van der Waals surface area (Å²) in [4.78, 5) is 55.2. The third kappa shape index (κ3) is 7.65. The number of carbonyl (C=O) groups excluding carboxylic acids is 2. The maximum absolute atomic E-state index is 12.3. The van der Waals surface area contributed by atoms with Crippen LogP contribution in [0.5, 0.6) is 5.75 Å². The summed E-state index contributed by atoms with van der Waals surface area (Å²) in [5, 5.41) is 42.1. The van der Waals surface area contributed by atoms with E-state index in [0.29, 0.717) is 65.8 Å². The molecule has 1 heterocycles. The number of H-pyrrole nitrogens is 1. The smallest absolute Gasteiger partial charge is 0.344 e. The maximum atomic E-state index is 12.3. The molecule has 1 aromatic heterocycles. The van der Waals surface area contributed by atoms with Gasteiger partial charge in [-0.2, -0.15) is 0 Å². The molecule has 0 amide bonds. The van der Waals surface area contributed by atoms with Crippen molar-refractivity contribution in [1.82, 2.24) is 0 Å². The summed E-state index contributed by atoms with van der Waals surface area (Å²) in [6.07, 6.45) is 0.610. The summed E-state index contributed by atoms with van der Waals surface area (Å²) >= 11 is 0. The Labute approximate surface area is 216 Å². The lowest BCUT2D eigenvalue weighted by molar-refractivity contribution is -0.420. The van der Waals surface area contributed by atoms with E-state index < -0.39 is 49.5 Å². The lowest BCUT2D eigenvalue weighted by Crippen LogP contribution is -2.27. The Morgan fingerprint density at radius 1 is 0.842 bits per heavy atom. The lowest BCUT2D eigenvalue weighted by atomic mass is 9.91. The highest BCUT2D eigenvalue weighted by atomic mass is 16.6. The van der Waals surface area contributed by atoms with Gasteiger partial charge in [-0.1, -0.05) is 13.8 Å². The third-order valence-corrected chi connectivity index (χ3v) is 4.94. The van der Waals surface area contributed by atoms with Crippen LogP contribution in [0.4, 0.5) is 17.1 Å². The summed E-state index contributed by atoms with van der Waals surface area (Å²) in [7, 11) is 0. The summed E-state index contributed by atoms with van der Waals surface area (Å²) in [6.45, 7) is 11.8. The Balaban J connectivity index is 0.000000399. The van der Waals surface area contributed by atoms with Crippen LogP contribution in [0.25, 0.3) is 0 Å². The number of benzene rings is 1. The number of hydrogen-bond acceptors (Lipinski definition) is 11. The van der Waals surface area contributed by atoms with Crippen molar-refractivity contribution >= 4 is 29.0 Å². The fourth-order valence-electron chi connectivity index (χ4n) is 3.52. The first-order valence-corrected chi connectivity index (χ1v) is 11.3. The van der Waals surface area contributed by atoms with Gasteiger partial charge in [-0.15, -0.1) is 0 Å². The van der Waals surface area contributed by atoms with Crippen LogP contribution < -0.4 is 10.1 Å². The van der Waals surface area contributed by atoms with Gasteiger partial charge in [0.15, 0.2) is 11.4 Å². The Morgan fingerprint density at radius 3 is 1.53 bits per heavy atom. The van der Waals surface area contributed by atoms with Gasteiger partial charge in [-0.05, 0) is 31.7 Å². The SMILES string of the molecule is CCOC(=O)c1c(C)[nH+]c(C)c(C(=O)OCC)c1CC(C)C.O=[N+]([O-])c1cc([N+](=O)[O-])c([O-])c([N+](=O)[O-])c1. The van der Waals surface area contributed by atoms with E-state index >= 15 is 0 Å². The number of nitrogens with one attached hydrogen (secondary N) is 1. The first-order valence-electron chi connectivity index (χ1n) is 11.3. The van der Waals surface area contributed by atoms with Crippen molar-refractivity contribution in [1.29, 1.82) is 0 Å². The van der Waals surface area contributed by atoms with E-state index in [1.165, 1.54) is 0 Å². The molecule has 1 aromatic carbocycles. The highest BCUT2D eigenvalue weighted by Gasteiger charge is 2.30. The summed E-state index contributed by atoms with van der Waals surface area (Å²) in [5.41, 5.74) is -0.242. The van der Waals surface area contributed by atoms with Crippen molar-refractivity contribution in [2.75, 3.05) is 13.2 Å². The number of rotatable bonds is 9. The number of aromatic nitrogens is 1. The van der Waals surface area contributed by atoms with E-state index in [0.717, 1.165) is 0 Å². The molecule has 206 valence electrons. The van der Waals surface area contributed by atoms with E-state index in [1.54, 1.807) is 13.8 Å². The molecule has 0 aliphatic heterocycles. The van der Waals surface area contributed by atoms with Gasteiger partial charge in [-0.25, -0.2) is 14.6 Å². The Kier molecular flexibility index (Phi) is 11.2. The standard InChI is InChI=1S/C17H25NO4.C6H3N3O7/c1-7-21-16(19)14-11(5)18-12(6)15(17(20)22-8-2)13(14)9-10(3)4;10-6-4(8(13)14)1-3(7(11)12)2-5(6)9(15)16/h10H,7-9H2,1-6H3;1-2,10H.